The average molecular weight is 497 g/mol. The molecule has 0 spiro atoms. The van der Waals surface area contributed by atoms with Gasteiger partial charge in [0.2, 0.25) is 15.8 Å². The van der Waals surface area contributed by atoms with Crippen LogP contribution in [-0.2, 0) is 19.5 Å². The number of piperidine rings is 1. The van der Waals surface area contributed by atoms with E-state index in [9.17, 15) is 22.8 Å². The number of esters is 2. The highest BCUT2D eigenvalue weighted by atomic mass is 35.5. The molecule has 178 valence electrons. The molecule has 1 saturated heterocycles. The van der Waals surface area contributed by atoms with E-state index in [0.29, 0.717) is 24.3 Å². The number of rotatable bonds is 7. The largest absolute Gasteiger partial charge is 0.465 e. The summed E-state index contributed by atoms with van der Waals surface area (Å²) in [7, 11) is -2.62. The van der Waals surface area contributed by atoms with Crippen LogP contribution in [0.4, 0.5) is 0 Å². The second-order valence-electron chi connectivity index (χ2n) is 7.73. The highest BCUT2D eigenvalue weighted by Gasteiger charge is 2.29. The lowest BCUT2D eigenvalue weighted by Crippen LogP contribution is -2.35. The van der Waals surface area contributed by atoms with Gasteiger partial charge in [0.05, 0.1) is 29.0 Å². The fourth-order valence-corrected chi connectivity index (χ4v) is 5.81. The van der Waals surface area contributed by atoms with Gasteiger partial charge in [-0.3, -0.25) is 4.79 Å². The average Bonchev–Trinajstić information content (AvgIpc) is 3.11. The molecule has 2 aromatic rings. The van der Waals surface area contributed by atoms with Crippen LogP contribution >= 0.6 is 11.6 Å². The number of H-pyrrole nitrogens is 1. The third-order valence-electron chi connectivity index (χ3n) is 5.54. The van der Waals surface area contributed by atoms with Gasteiger partial charge < -0.3 is 14.5 Å². The zero-order valence-electron chi connectivity index (χ0n) is 18.6. The van der Waals surface area contributed by atoms with E-state index < -0.39 is 34.4 Å². The van der Waals surface area contributed by atoms with Crippen molar-refractivity contribution in [1.29, 1.82) is 0 Å². The minimum Gasteiger partial charge on any atom is -0.465 e. The number of sulfonamides is 1. The van der Waals surface area contributed by atoms with Crippen molar-refractivity contribution in [3.63, 3.8) is 0 Å². The molecule has 1 aliphatic rings. The minimum absolute atomic E-state index is 0.000949. The summed E-state index contributed by atoms with van der Waals surface area (Å²) in [5.41, 5.74) is 1.18. The molecule has 33 heavy (non-hydrogen) atoms. The van der Waals surface area contributed by atoms with Crippen LogP contribution in [0.1, 0.15) is 61.7 Å². The van der Waals surface area contributed by atoms with Crippen LogP contribution in [0.2, 0.25) is 5.02 Å². The number of aromatic nitrogens is 1. The SMILES string of the molecule is COC(=O)c1c(C)[nH]c(C(=O)COC(=O)c2ccc(Cl)c(S(=O)(=O)N3CCCCC3)c2)c1C. The van der Waals surface area contributed by atoms with Gasteiger partial charge >= 0.3 is 11.9 Å². The van der Waals surface area contributed by atoms with Crippen molar-refractivity contribution in [2.24, 2.45) is 0 Å². The predicted molar refractivity (Wildman–Crippen MR) is 120 cm³/mol. The highest BCUT2D eigenvalue weighted by Crippen LogP contribution is 2.28. The predicted octanol–water partition coefficient (Wildman–Crippen LogP) is 3.29. The van der Waals surface area contributed by atoms with Crippen molar-refractivity contribution in [2.45, 2.75) is 38.0 Å². The summed E-state index contributed by atoms with van der Waals surface area (Å²) in [4.78, 5) is 39.7. The van der Waals surface area contributed by atoms with E-state index >= 15 is 0 Å². The van der Waals surface area contributed by atoms with Gasteiger partial charge in [0.1, 0.15) is 4.90 Å². The van der Waals surface area contributed by atoms with E-state index in [0.717, 1.165) is 19.3 Å². The highest BCUT2D eigenvalue weighted by molar-refractivity contribution is 7.89. The molecule has 0 aliphatic carbocycles. The number of benzene rings is 1. The number of Topliss-reactive ketones (excluding diaryl/α,β-unsaturated/α-hetero) is 1. The number of hydrogen-bond donors (Lipinski definition) is 1. The number of aromatic amines is 1. The van der Waals surface area contributed by atoms with Crippen LogP contribution in [0.15, 0.2) is 23.1 Å². The first-order chi connectivity index (χ1) is 15.6. The molecule has 1 aromatic heterocycles. The number of nitrogens with one attached hydrogen (secondary N) is 1. The molecule has 1 fully saturated rings. The van der Waals surface area contributed by atoms with Crippen LogP contribution in [0.25, 0.3) is 0 Å². The Kier molecular flexibility index (Phi) is 7.61. The summed E-state index contributed by atoms with van der Waals surface area (Å²) < 4.78 is 37.1. The Morgan fingerprint density at radius 2 is 1.76 bits per heavy atom. The molecular weight excluding hydrogens is 472 g/mol. The molecule has 0 unspecified atom stereocenters. The normalized spacial score (nSPS) is 14.7. The van der Waals surface area contributed by atoms with Gasteiger partial charge in [0.15, 0.2) is 6.61 Å². The zero-order chi connectivity index (χ0) is 24.3. The molecule has 0 radical (unpaired) electrons. The smallest absolute Gasteiger partial charge is 0.339 e. The first kappa shape index (κ1) is 24.9. The van der Waals surface area contributed by atoms with Crippen LogP contribution in [-0.4, -0.2) is 62.2 Å². The first-order valence-corrected chi connectivity index (χ1v) is 12.2. The standard InChI is InChI=1S/C22H25ClN2O7S/c1-13-19(22(28)31-3)14(2)24-20(13)17(26)12-32-21(27)15-7-8-16(23)18(11-15)33(29,30)25-9-5-4-6-10-25/h7-8,11,24H,4-6,9-10,12H2,1-3H3. The number of nitrogens with zero attached hydrogens (tertiary/aromatic N) is 1. The van der Waals surface area contributed by atoms with Crippen molar-refractivity contribution in [3.05, 3.63) is 51.3 Å². The molecule has 1 aromatic carbocycles. The molecule has 1 aliphatic heterocycles. The Morgan fingerprint density at radius 1 is 1.09 bits per heavy atom. The molecule has 0 bridgehead atoms. The summed E-state index contributed by atoms with van der Waals surface area (Å²) in [6.07, 6.45) is 2.48. The van der Waals surface area contributed by atoms with Gasteiger partial charge in [0, 0.05) is 18.8 Å². The van der Waals surface area contributed by atoms with E-state index in [1.165, 1.54) is 29.6 Å². The summed E-state index contributed by atoms with van der Waals surface area (Å²) in [5, 5.41) is 0.000949. The Bertz CT molecular complexity index is 1200. The Hall–Kier alpha value is -2.69. The summed E-state index contributed by atoms with van der Waals surface area (Å²) in [5.74, 6) is -2.00. The van der Waals surface area contributed by atoms with Crippen molar-refractivity contribution < 1.29 is 32.3 Å². The van der Waals surface area contributed by atoms with Gasteiger partial charge in [-0.1, -0.05) is 18.0 Å². The van der Waals surface area contributed by atoms with Crippen molar-refractivity contribution in [2.75, 3.05) is 26.8 Å². The van der Waals surface area contributed by atoms with E-state index in [2.05, 4.69) is 4.98 Å². The second kappa shape index (κ2) is 10.1. The van der Waals surface area contributed by atoms with Gasteiger partial charge in [0.25, 0.3) is 0 Å². The summed E-state index contributed by atoms with van der Waals surface area (Å²) >= 11 is 6.13. The fourth-order valence-electron chi connectivity index (χ4n) is 3.80. The third kappa shape index (κ3) is 5.13. The quantitative estimate of drug-likeness (QED) is 0.461. The Balaban J connectivity index is 1.76. The molecule has 3 rings (SSSR count). The lowest BCUT2D eigenvalue weighted by Gasteiger charge is -2.26. The Morgan fingerprint density at radius 3 is 2.39 bits per heavy atom. The van der Waals surface area contributed by atoms with Crippen molar-refractivity contribution >= 4 is 39.3 Å². The third-order valence-corrected chi connectivity index (χ3v) is 7.92. The van der Waals surface area contributed by atoms with Gasteiger partial charge in [-0.2, -0.15) is 4.31 Å². The molecule has 0 saturated carbocycles. The number of carbonyl (C=O) groups excluding carboxylic acids is 3. The van der Waals surface area contributed by atoms with Crippen molar-refractivity contribution in [1.82, 2.24) is 9.29 Å². The van der Waals surface area contributed by atoms with E-state index in [1.54, 1.807) is 13.8 Å². The second-order valence-corrected chi connectivity index (χ2v) is 10.0. The lowest BCUT2D eigenvalue weighted by atomic mass is 10.1. The van der Waals surface area contributed by atoms with E-state index in [1.807, 2.05) is 0 Å². The number of carbonyl (C=O) groups is 3. The molecule has 0 amide bonds. The maximum Gasteiger partial charge on any atom is 0.339 e. The number of ketones is 1. The van der Waals surface area contributed by atoms with Crippen LogP contribution in [0.3, 0.4) is 0 Å². The summed E-state index contributed by atoms with van der Waals surface area (Å²) in [6.45, 7) is 3.40. The van der Waals surface area contributed by atoms with Crippen LogP contribution in [0, 0.1) is 13.8 Å². The monoisotopic (exact) mass is 496 g/mol. The topological polar surface area (TPSA) is 123 Å². The first-order valence-electron chi connectivity index (χ1n) is 10.4. The molecular formula is C22H25ClN2O7S. The number of halogens is 1. The van der Waals surface area contributed by atoms with E-state index in [4.69, 9.17) is 21.1 Å². The molecule has 11 heteroatoms. The maximum atomic E-state index is 13.0. The van der Waals surface area contributed by atoms with Crippen molar-refractivity contribution in [3.8, 4) is 0 Å². The lowest BCUT2D eigenvalue weighted by molar-refractivity contribution is 0.0472. The molecule has 9 nitrogen and oxygen atoms in total. The van der Waals surface area contributed by atoms with Crippen LogP contribution in [0.5, 0.6) is 0 Å². The minimum atomic E-state index is -3.86. The zero-order valence-corrected chi connectivity index (χ0v) is 20.1. The van der Waals surface area contributed by atoms with E-state index in [-0.39, 0.29) is 26.7 Å². The maximum absolute atomic E-state index is 13.0. The number of aryl methyl sites for hydroxylation is 1. The van der Waals surface area contributed by atoms with Gasteiger partial charge in [-0.25, -0.2) is 18.0 Å². The number of ether oxygens (including phenoxy) is 2. The molecule has 1 N–H and O–H groups in total. The molecule has 2 heterocycles. The van der Waals surface area contributed by atoms with Crippen LogP contribution < -0.4 is 0 Å². The summed E-state index contributed by atoms with van der Waals surface area (Å²) in [6, 6.07) is 3.82. The Labute approximate surface area is 197 Å². The molecule has 0 atom stereocenters. The van der Waals surface area contributed by atoms with Gasteiger partial charge in [-0.15, -0.1) is 0 Å². The fraction of sp³-hybridized carbons (Fsp3) is 0.409. The number of hydrogen-bond acceptors (Lipinski definition) is 7. The number of methoxy groups -OCH3 is 1. The van der Waals surface area contributed by atoms with Gasteiger partial charge in [-0.05, 0) is 50.5 Å².